The van der Waals surface area contributed by atoms with Crippen LogP contribution in [-0.2, 0) is 16.0 Å². The molecule has 3 rings (SSSR count). The number of hydrogen-bond donors (Lipinski definition) is 2. The first-order valence-corrected chi connectivity index (χ1v) is 8.99. The number of nitrogens with one attached hydrogen (secondary N) is 1. The molecule has 0 saturated heterocycles. The van der Waals surface area contributed by atoms with Crippen molar-refractivity contribution < 1.29 is 19.2 Å². The molecular weight excluding hydrogens is 358 g/mol. The molecule has 144 valence electrons. The van der Waals surface area contributed by atoms with Gasteiger partial charge in [-0.15, -0.1) is 0 Å². The quantitative estimate of drug-likeness (QED) is 0.717. The van der Waals surface area contributed by atoms with E-state index in [1.165, 1.54) is 4.90 Å². The van der Waals surface area contributed by atoms with E-state index < -0.39 is 5.91 Å². The number of para-hydroxylation sites is 1. The zero-order valence-electron chi connectivity index (χ0n) is 15.5. The average molecular weight is 379 g/mol. The van der Waals surface area contributed by atoms with Crippen molar-refractivity contribution in [3.63, 3.8) is 0 Å². The van der Waals surface area contributed by atoms with Gasteiger partial charge in [0.05, 0.1) is 17.5 Å². The van der Waals surface area contributed by atoms with Gasteiger partial charge in [0, 0.05) is 18.7 Å². The molecule has 0 saturated carbocycles. The average Bonchev–Trinajstić information content (AvgIpc) is 2.87. The number of primary amides is 1. The lowest BCUT2D eigenvalue weighted by molar-refractivity contribution is -0.118. The van der Waals surface area contributed by atoms with Gasteiger partial charge in [-0.2, -0.15) is 0 Å². The standard InChI is InChI=1S/C21H21N3O4/c1-13-8-9-15-16(11-13)21(28)24(20(15)27)10-4-7-19(26)23-17-6-3-2-5-14(17)12-18(22)25/h2-3,5-6,8-9,11H,4,7,10,12H2,1H3,(H2,22,25)(H,23,26). The van der Waals surface area contributed by atoms with Crippen LogP contribution in [0.1, 0.15) is 44.7 Å². The van der Waals surface area contributed by atoms with Crippen molar-refractivity contribution in [1.29, 1.82) is 0 Å². The number of amides is 4. The molecule has 2 aromatic rings. The third kappa shape index (κ3) is 4.09. The van der Waals surface area contributed by atoms with Gasteiger partial charge >= 0.3 is 0 Å². The Morgan fingerprint density at radius 1 is 1.04 bits per heavy atom. The number of nitrogens with zero attached hydrogens (tertiary/aromatic N) is 1. The summed E-state index contributed by atoms with van der Waals surface area (Å²) in [5.74, 6) is -1.39. The van der Waals surface area contributed by atoms with Crippen molar-refractivity contribution in [3.05, 3.63) is 64.7 Å². The normalized spacial score (nSPS) is 12.8. The van der Waals surface area contributed by atoms with Crippen molar-refractivity contribution in [3.8, 4) is 0 Å². The molecule has 0 radical (unpaired) electrons. The highest BCUT2D eigenvalue weighted by Crippen LogP contribution is 2.24. The zero-order chi connectivity index (χ0) is 20.3. The predicted octanol–water partition coefficient (Wildman–Crippen LogP) is 2.04. The summed E-state index contributed by atoms with van der Waals surface area (Å²) in [5.41, 5.74) is 8.12. The largest absolute Gasteiger partial charge is 0.369 e. The first-order valence-electron chi connectivity index (χ1n) is 8.99. The van der Waals surface area contributed by atoms with Gasteiger partial charge in [-0.3, -0.25) is 24.1 Å². The molecule has 0 atom stereocenters. The van der Waals surface area contributed by atoms with Crippen LogP contribution in [0.5, 0.6) is 0 Å². The van der Waals surface area contributed by atoms with E-state index in [4.69, 9.17) is 5.73 Å². The molecule has 0 fully saturated rings. The number of nitrogens with two attached hydrogens (primary N) is 1. The van der Waals surface area contributed by atoms with Crippen molar-refractivity contribution in [1.82, 2.24) is 4.90 Å². The number of imide groups is 1. The number of aryl methyl sites for hydroxylation is 1. The maximum absolute atomic E-state index is 12.4. The van der Waals surface area contributed by atoms with E-state index >= 15 is 0 Å². The Balaban J connectivity index is 1.56. The molecule has 1 aliphatic heterocycles. The van der Waals surface area contributed by atoms with Crippen LogP contribution in [0.15, 0.2) is 42.5 Å². The summed E-state index contributed by atoms with van der Waals surface area (Å²) in [6.07, 6.45) is 0.510. The number of fused-ring (bicyclic) bond motifs is 1. The molecule has 28 heavy (non-hydrogen) atoms. The predicted molar refractivity (Wildman–Crippen MR) is 104 cm³/mol. The van der Waals surface area contributed by atoms with E-state index in [1.54, 1.807) is 42.5 Å². The minimum absolute atomic E-state index is 0.0326. The molecule has 0 bridgehead atoms. The van der Waals surface area contributed by atoms with Crippen LogP contribution < -0.4 is 11.1 Å². The van der Waals surface area contributed by atoms with Crippen molar-refractivity contribution in [2.45, 2.75) is 26.2 Å². The summed E-state index contributed by atoms with van der Waals surface area (Å²) in [4.78, 5) is 49.4. The third-order valence-corrected chi connectivity index (χ3v) is 4.57. The summed E-state index contributed by atoms with van der Waals surface area (Å²) < 4.78 is 0. The fraction of sp³-hybridized carbons (Fsp3) is 0.238. The summed E-state index contributed by atoms with van der Waals surface area (Å²) in [6, 6.07) is 12.1. The van der Waals surface area contributed by atoms with Crippen LogP contribution in [0.2, 0.25) is 0 Å². The van der Waals surface area contributed by atoms with E-state index in [2.05, 4.69) is 5.32 Å². The highest BCUT2D eigenvalue weighted by atomic mass is 16.2. The second-order valence-electron chi connectivity index (χ2n) is 6.76. The highest BCUT2D eigenvalue weighted by Gasteiger charge is 2.34. The van der Waals surface area contributed by atoms with Crippen LogP contribution >= 0.6 is 0 Å². The van der Waals surface area contributed by atoms with E-state index in [9.17, 15) is 19.2 Å². The summed E-state index contributed by atoms with van der Waals surface area (Å²) >= 11 is 0. The van der Waals surface area contributed by atoms with Gasteiger partial charge in [0.15, 0.2) is 0 Å². The number of carbonyl (C=O) groups excluding carboxylic acids is 4. The lowest BCUT2D eigenvalue weighted by Gasteiger charge is -2.14. The van der Waals surface area contributed by atoms with Crippen LogP contribution in [0.4, 0.5) is 5.69 Å². The lowest BCUT2D eigenvalue weighted by Crippen LogP contribution is -2.31. The minimum Gasteiger partial charge on any atom is -0.369 e. The first-order chi connectivity index (χ1) is 13.4. The van der Waals surface area contributed by atoms with Gasteiger partial charge in [-0.1, -0.05) is 29.8 Å². The van der Waals surface area contributed by atoms with Gasteiger partial charge in [0.1, 0.15) is 0 Å². The van der Waals surface area contributed by atoms with E-state index in [0.717, 1.165) is 5.56 Å². The second-order valence-corrected chi connectivity index (χ2v) is 6.76. The molecular formula is C21H21N3O4. The number of anilines is 1. The number of carbonyl (C=O) groups is 4. The molecule has 7 heteroatoms. The lowest BCUT2D eigenvalue weighted by atomic mass is 10.1. The van der Waals surface area contributed by atoms with Gasteiger partial charge < -0.3 is 11.1 Å². The zero-order valence-corrected chi connectivity index (χ0v) is 15.5. The van der Waals surface area contributed by atoms with Gasteiger partial charge in [-0.05, 0) is 37.1 Å². The SMILES string of the molecule is Cc1ccc2c(c1)C(=O)N(CCCC(=O)Nc1ccccc1CC(N)=O)C2=O. The van der Waals surface area contributed by atoms with Crippen LogP contribution in [-0.4, -0.2) is 35.1 Å². The number of hydrogen-bond acceptors (Lipinski definition) is 4. The number of rotatable bonds is 7. The molecule has 2 aromatic carbocycles. The molecule has 0 aromatic heterocycles. The third-order valence-electron chi connectivity index (χ3n) is 4.57. The molecule has 1 aliphatic rings. The van der Waals surface area contributed by atoms with Crippen molar-refractivity contribution in [2.24, 2.45) is 5.73 Å². The molecule has 3 N–H and O–H groups in total. The van der Waals surface area contributed by atoms with E-state index in [-0.39, 0.29) is 37.1 Å². The monoisotopic (exact) mass is 379 g/mol. The van der Waals surface area contributed by atoms with Gasteiger partial charge in [-0.25, -0.2) is 0 Å². The fourth-order valence-corrected chi connectivity index (χ4v) is 3.20. The first kappa shape index (κ1) is 19.3. The van der Waals surface area contributed by atoms with Crippen LogP contribution in [0.3, 0.4) is 0 Å². The van der Waals surface area contributed by atoms with E-state index in [1.807, 2.05) is 6.92 Å². The van der Waals surface area contributed by atoms with Crippen LogP contribution in [0, 0.1) is 6.92 Å². The van der Waals surface area contributed by atoms with E-state index in [0.29, 0.717) is 28.8 Å². The maximum atomic E-state index is 12.4. The van der Waals surface area contributed by atoms with Crippen molar-refractivity contribution in [2.75, 3.05) is 11.9 Å². The maximum Gasteiger partial charge on any atom is 0.261 e. The topological polar surface area (TPSA) is 110 Å². The molecule has 7 nitrogen and oxygen atoms in total. The molecule has 0 unspecified atom stereocenters. The Labute approximate surface area is 162 Å². The molecule has 1 heterocycles. The Morgan fingerprint density at radius 2 is 1.75 bits per heavy atom. The minimum atomic E-state index is -0.484. The summed E-state index contributed by atoms with van der Waals surface area (Å²) in [6.45, 7) is 2.03. The smallest absolute Gasteiger partial charge is 0.261 e. The fourth-order valence-electron chi connectivity index (χ4n) is 3.20. The molecule has 4 amide bonds. The van der Waals surface area contributed by atoms with Gasteiger partial charge in [0.2, 0.25) is 11.8 Å². The molecule has 0 aliphatic carbocycles. The summed E-state index contributed by atoms with van der Waals surface area (Å²) in [7, 11) is 0. The van der Waals surface area contributed by atoms with Gasteiger partial charge in [0.25, 0.3) is 11.8 Å². The Morgan fingerprint density at radius 3 is 2.50 bits per heavy atom. The number of benzene rings is 2. The Kier molecular flexibility index (Phi) is 5.54. The van der Waals surface area contributed by atoms with Crippen LogP contribution in [0.25, 0.3) is 0 Å². The summed E-state index contributed by atoms with van der Waals surface area (Å²) in [5, 5.41) is 2.75. The Hall–Kier alpha value is -3.48. The Bertz CT molecular complexity index is 968. The molecule has 0 spiro atoms. The van der Waals surface area contributed by atoms with Crippen molar-refractivity contribution >= 4 is 29.3 Å². The second kappa shape index (κ2) is 8.04. The highest BCUT2D eigenvalue weighted by molar-refractivity contribution is 6.21.